The molecule has 0 radical (unpaired) electrons. The third kappa shape index (κ3) is 1.39. The minimum atomic E-state index is -0.306. The van der Waals surface area contributed by atoms with Crippen molar-refractivity contribution >= 4 is 17.6 Å². The van der Waals surface area contributed by atoms with Gasteiger partial charge in [0, 0.05) is 12.3 Å². The Kier molecular flexibility index (Phi) is 2.11. The van der Waals surface area contributed by atoms with Crippen molar-refractivity contribution in [1.29, 1.82) is 0 Å². The highest BCUT2D eigenvalue weighted by Crippen LogP contribution is 2.18. The fraction of sp³-hybridized carbons (Fsp3) is 0.167. The van der Waals surface area contributed by atoms with E-state index in [4.69, 9.17) is 5.73 Å². The van der Waals surface area contributed by atoms with Crippen LogP contribution in [0.3, 0.4) is 0 Å². The number of halogens is 1. The van der Waals surface area contributed by atoms with Crippen molar-refractivity contribution in [3.05, 3.63) is 18.1 Å². The van der Waals surface area contributed by atoms with Crippen LogP contribution in [0.15, 0.2) is 17.2 Å². The molecule has 1 heterocycles. The number of nitrogen functional groups attached to an aromatic ring is 1. The summed E-state index contributed by atoms with van der Waals surface area (Å²) in [6, 6.07) is 1.21. The number of hydrogen-bond donors (Lipinski definition) is 1. The monoisotopic (exact) mass is 158 g/mol. The predicted molar refractivity (Wildman–Crippen MR) is 40.4 cm³/mol. The standard InChI is InChI=1S/C6H7FN2S/c1-10-5-3-9-6(8)2-4(5)7/h2-3H,1H3,(H2,8,9). The summed E-state index contributed by atoms with van der Waals surface area (Å²) < 4.78 is 12.7. The Hall–Kier alpha value is -0.770. The zero-order chi connectivity index (χ0) is 7.56. The molecular weight excluding hydrogens is 151 g/mol. The largest absolute Gasteiger partial charge is 0.384 e. The van der Waals surface area contributed by atoms with Gasteiger partial charge in [0.25, 0.3) is 0 Å². The third-order valence-electron chi connectivity index (χ3n) is 1.06. The molecule has 0 aliphatic heterocycles. The smallest absolute Gasteiger partial charge is 0.141 e. The van der Waals surface area contributed by atoms with Crippen LogP contribution in [0.4, 0.5) is 10.2 Å². The minimum Gasteiger partial charge on any atom is -0.384 e. The van der Waals surface area contributed by atoms with Crippen molar-refractivity contribution in [2.24, 2.45) is 0 Å². The van der Waals surface area contributed by atoms with Crippen LogP contribution in [0, 0.1) is 5.82 Å². The summed E-state index contributed by atoms with van der Waals surface area (Å²) in [5.41, 5.74) is 5.22. The summed E-state index contributed by atoms with van der Waals surface area (Å²) in [6.07, 6.45) is 3.21. The Labute approximate surface area is 62.6 Å². The molecule has 1 aromatic heterocycles. The van der Waals surface area contributed by atoms with Gasteiger partial charge in [0.15, 0.2) is 0 Å². The van der Waals surface area contributed by atoms with Gasteiger partial charge in [-0.05, 0) is 6.26 Å². The van der Waals surface area contributed by atoms with E-state index < -0.39 is 0 Å². The number of thioether (sulfide) groups is 1. The van der Waals surface area contributed by atoms with E-state index in [0.29, 0.717) is 4.90 Å². The van der Waals surface area contributed by atoms with Gasteiger partial charge in [-0.2, -0.15) is 0 Å². The summed E-state index contributed by atoms with van der Waals surface area (Å²) >= 11 is 1.31. The van der Waals surface area contributed by atoms with Crippen LogP contribution in [0.25, 0.3) is 0 Å². The van der Waals surface area contributed by atoms with E-state index in [1.807, 2.05) is 0 Å². The van der Waals surface area contributed by atoms with E-state index in [1.165, 1.54) is 24.0 Å². The fourth-order valence-electron chi connectivity index (χ4n) is 0.583. The normalized spacial score (nSPS) is 9.80. The summed E-state index contributed by atoms with van der Waals surface area (Å²) in [6.45, 7) is 0. The third-order valence-corrected chi connectivity index (χ3v) is 1.80. The second kappa shape index (κ2) is 2.88. The maximum atomic E-state index is 12.7. The lowest BCUT2D eigenvalue weighted by Crippen LogP contribution is -1.91. The molecule has 0 amide bonds. The van der Waals surface area contributed by atoms with Crippen LogP contribution >= 0.6 is 11.8 Å². The Morgan fingerprint density at radius 2 is 2.40 bits per heavy atom. The topological polar surface area (TPSA) is 38.9 Å². The molecule has 0 fully saturated rings. The molecule has 0 saturated carbocycles. The molecule has 0 saturated heterocycles. The van der Waals surface area contributed by atoms with Gasteiger partial charge in [-0.1, -0.05) is 0 Å². The van der Waals surface area contributed by atoms with Gasteiger partial charge in [-0.15, -0.1) is 11.8 Å². The maximum absolute atomic E-state index is 12.7. The van der Waals surface area contributed by atoms with Crippen LogP contribution in [-0.4, -0.2) is 11.2 Å². The molecule has 10 heavy (non-hydrogen) atoms. The number of pyridine rings is 1. The molecule has 2 nitrogen and oxygen atoms in total. The number of hydrogen-bond acceptors (Lipinski definition) is 3. The highest BCUT2D eigenvalue weighted by Gasteiger charge is 1.99. The lowest BCUT2D eigenvalue weighted by Gasteiger charge is -1.97. The number of nitrogens with zero attached hydrogens (tertiary/aromatic N) is 1. The van der Waals surface area contributed by atoms with Crippen molar-refractivity contribution in [1.82, 2.24) is 4.98 Å². The van der Waals surface area contributed by atoms with E-state index in [2.05, 4.69) is 4.98 Å². The van der Waals surface area contributed by atoms with Crippen LogP contribution in [-0.2, 0) is 0 Å². The highest BCUT2D eigenvalue weighted by atomic mass is 32.2. The van der Waals surface area contributed by atoms with Crippen molar-refractivity contribution in [2.75, 3.05) is 12.0 Å². The first kappa shape index (κ1) is 7.34. The van der Waals surface area contributed by atoms with E-state index in [9.17, 15) is 4.39 Å². The Bertz CT molecular complexity index is 239. The first-order valence-corrected chi connectivity index (χ1v) is 3.91. The van der Waals surface area contributed by atoms with Gasteiger partial charge >= 0.3 is 0 Å². The molecule has 0 aliphatic rings. The molecule has 1 aromatic rings. The van der Waals surface area contributed by atoms with Crippen LogP contribution in [0.5, 0.6) is 0 Å². The number of nitrogens with two attached hydrogens (primary N) is 1. The van der Waals surface area contributed by atoms with Crippen LogP contribution in [0.2, 0.25) is 0 Å². The number of anilines is 1. The van der Waals surface area contributed by atoms with Gasteiger partial charge in [0.05, 0.1) is 4.90 Å². The first-order chi connectivity index (χ1) is 4.74. The molecule has 0 aromatic carbocycles. The predicted octanol–water partition coefficient (Wildman–Crippen LogP) is 1.52. The van der Waals surface area contributed by atoms with Gasteiger partial charge in [-0.25, -0.2) is 9.37 Å². The maximum Gasteiger partial charge on any atom is 0.141 e. The molecule has 54 valence electrons. The number of aromatic nitrogens is 1. The van der Waals surface area contributed by atoms with Crippen molar-refractivity contribution in [2.45, 2.75) is 4.90 Å². The molecule has 0 atom stereocenters. The van der Waals surface area contributed by atoms with Gasteiger partial charge in [0.1, 0.15) is 11.6 Å². The Morgan fingerprint density at radius 3 is 2.90 bits per heavy atom. The molecule has 0 spiro atoms. The average Bonchev–Trinajstić information content (AvgIpc) is 1.88. The molecule has 0 bridgehead atoms. The SMILES string of the molecule is CSc1cnc(N)cc1F. The quantitative estimate of drug-likeness (QED) is 0.630. The number of rotatable bonds is 1. The van der Waals surface area contributed by atoms with Gasteiger partial charge in [-0.3, -0.25) is 0 Å². The van der Waals surface area contributed by atoms with E-state index in [-0.39, 0.29) is 11.6 Å². The molecular formula is C6H7FN2S. The molecule has 0 unspecified atom stereocenters. The Morgan fingerprint density at radius 1 is 1.70 bits per heavy atom. The zero-order valence-corrected chi connectivity index (χ0v) is 6.28. The Balaban J connectivity index is 3.07. The van der Waals surface area contributed by atoms with Crippen molar-refractivity contribution in [3.8, 4) is 0 Å². The minimum absolute atomic E-state index is 0.218. The lowest BCUT2D eigenvalue weighted by molar-refractivity contribution is 0.600. The van der Waals surface area contributed by atoms with Crippen molar-refractivity contribution in [3.63, 3.8) is 0 Å². The highest BCUT2D eigenvalue weighted by molar-refractivity contribution is 7.98. The zero-order valence-electron chi connectivity index (χ0n) is 5.47. The average molecular weight is 158 g/mol. The first-order valence-electron chi connectivity index (χ1n) is 2.69. The molecule has 1 rings (SSSR count). The summed E-state index contributed by atoms with van der Waals surface area (Å²) in [7, 11) is 0. The van der Waals surface area contributed by atoms with E-state index in [1.54, 1.807) is 6.26 Å². The fourth-order valence-corrected chi connectivity index (χ4v) is 0.995. The molecule has 4 heteroatoms. The molecule has 0 aliphatic carbocycles. The van der Waals surface area contributed by atoms with Crippen molar-refractivity contribution < 1.29 is 4.39 Å². The van der Waals surface area contributed by atoms with Crippen LogP contribution in [0.1, 0.15) is 0 Å². The summed E-state index contributed by atoms with van der Waals surface area (Å²) in [4.78, 5) is 4.25. The van der Waals surface area contributed by atoms with Crippen LogP contribution < -0.4 is 5.73 Å². The van der Waals surface area contributed by atoms with Gasteiger partial charge < -0.3 is 5.73 Å². The summed E-state index contributed by atoms with van der Waals surface area (Å²) in [5, 5.41) is 0. The van der Waals surface area contributed by atoms with E-state index >= 15 is 0 Å². The van der Waals surface area contributed by atoms with Gasteiger partial charge in [0.2, 0.25) is 0 Å². The second-order valence-electron chi connectivity index (χ2n) is 1.74. The summed E-state index contributed by atoms with van der Waals surface area (Å²) in [5.74, 6) is -0.0877. The lowest BCUT2D eigenvalue weighted by atomic mass is 10.4. The second-order valence-corrected chi connectivity index (χ2v) is 2.59. The van der Waals surface area contributed by atoms with E-state index in [0.717, 1.165) is 0 Å². The molecule has 2 N–H and O–H groups in total.